The highest BCUT2D eigenvalue weighted by molar-refractivity contribution is 5.38. The Labute approximate surface area is 130 Å². The highest BCUT2D eigenvalue weighted by Gasteiger charge is 2.32. The smallest absolute Gasteiger partial charge is 0.0434 e. The fourth-order valence-corrected chi connectivity index (χ4v) is 3.67. The van der Waals surface area contributed by atoms with Crippen molar-refractivity contribution >= 4 is 0 Å². The number of nitrogens with one attached hydrogen (secondary N) is 1. The molecule has 0 heterocycles. The lowest BCUT2D eigenvalue weighted by Gasteiger charge is -2.38. The van der Waals surface area contributed by atoms with E-state index < -0.39 is 0 Å². The van der Waals surface area contributed by atoms with E-state index in [9.17, 15) is 5.11 Å². The summed E-state index contributed by atoms with van der Waals surface area (Å²) in [6.07, 6.45) is 5.76. The summed E-state index contributed by atoms with van der Waals surface area (Å²) in [5.41, 5.74) is 3.28. The van der Waals surface area contributed by atoms with Crippen molar-refractivity contribution < 1.29 is 5.11 Å². The van der Waals surface area contributed by atoms with Gasteiger partial charge in [0.1, 0.15) is 0 Å². The Morgan fingerprint density at radius 2 is 2.05 bits per heavy atom. The number of fused-ring (bicyclic) bond motifs is 1. The highest BCUT2D eigenvalue weighted by Crippen LogP contribution is 2.41. The van der Waals surface area contributed by atoms with Crippen LogP contribution in [0.1, 0.15) is 70.0 Å². The van der Waals surface area contributed by atoms with Crippen molar-refractivity contribution in [3.8, 4) is 0 Å². The molecule has 21 heavy (non-hydrogen) atoms. The summed E-state index contributed by atoms with van der Waals surface area (Å²) in [5, 5.41) is 13.0. The van der Waals surface area contributed by atoms with E-state index in [2.05, 4.69) is 50.4 Å². The van der Waals surface area contributed by atoms with E-state index in [0.29, 0.717) is 24.0 Å². The fraction of sp³-hybridized carbons (Fsp3) is 0.684. The second kappa shape index (κ2) is 7.42. The third-order valence-corrected chi connectivity index (χ3v) is 5.01. The lowest BCUT2D eigenvalue weighted by atomic mass is 9.71. The van der Waals surface area contributed by atoms with Crippen LogP contribution in [0.25, 0.3) is 0 Å². The first-order valence-electron chi connectivity index (χ1n) is 8.52. The molecular weight excluding hydrogens is 258 g/mol. The van der Waals surface area contributed by atoms with Gasteiger partial charge in [-0.2, -0.15) is 0 Å². The zero-order valence-electron chi connectivity index (χ0n) is 13.9. The molecule has 2 N–H and O–H groups in total. The molecular formula is C19H31NO. The molecule has 0 saturated carbocycles. The van der Waals surface area contributed by atoms with E-state index in [0.717, 1.165) is 13.0 Å². The molecule has 0 radical (unpaired) electrons. The molecule has 1 aromatic carbocycles. The van der Waals surface area contributed by atoms with Gasteiger partial charge in [-0.3, -0.25) is 0 Å². The van der Waals surface area contributed by atoms with Crippen LogP contribution in [0.5, 0.6) is 0 Å². The van der Waals surface area contributed by atoms with Crippen molar-refractivity contribution in [2.75, 3.05) is 13.2 Å². The van der Waals surface area contributed by atoms with Crippen LogP contribution in [0.3, 0.4) is 0 Å². The molecule has 1 aliphatic carbocycles. The predicted octanol–water partition coefficient (Wildman–Crippen LogP) is 4.19. The van der Waals surface area contributed by atoms with Gasteiger partial charge in [-0.05, 0) is 54.7 Å². The van der Waals surface area contributed by atoms with Gasteiger partial charge in [-0.15, -0.1) is 0 Å². The quantitative estimate of drug-likeness (QED) is 0.789. The van der Waals surface area contributed by atoms with Crippen LogP contribution < -0.4 is 5.32 Å². The second-order valence-electron chi connectivity index (χ2n) is 7.14. The van der Waals surface area contributed by atoms with Crippen LogP contribution in [-0.4, -0.2) is 18.3 Å². The van der Waals surface area contributed by atoms with Crippen molar-refractivity contribution in [3.63, 3.8) is 0 Å². The summed E-state index contributed by atoms with van der Waals surface area (Å²) in [6.45, 7) is 8.26. The maximum absolute atomic E-state index is 9.20. The van der Waals surface area contributed by atoms with E-state index in [1.807, 2.05) is 0 Å². The minimum atomic E-state index is 0.294. The van der Waals surface area contributed by atoms with Crippen LogP contribution in [0.15, 0.2) is 24.3 Å². The zero-order valence-corrected chi connectivity index (χ0v) is 13.9. The first-order chi connectivity index (χ1) is 10.1. The van der Waals surface area contributed by atoms with Crippen molar-refractivity contribution in [1.82, 2.24) is 5.32 Å². The molecule has 0 aliphatic heterocycles. The van der Waals surface area contributed by atoms with Crippen LogP contribution in [0.4, 0.5) is 0 Å². The molecule has 118 valence electrons. The summed E-state index contributed by atoms with van der Waals surface area (Å²) >= 11 is 0. The van der Waals surface area contributed by atoms with Gasteiger partial charge in [0.2, 0.25) is 0 Å². The molecule has 1 aliphatic rings. The number of aliphatic hydroxyl groups excluding tert-OH is 1. The van der Waals surface area contributed by atoms with Gasteiger partial charge in [0.15, 0.2) is 0 Å². The Hall–Kier alpha value is -0.860. The summed E-state index contributed by atoms with van der Waals surface area (Å²) in [4.78, 5) is 0. The number of hydrogen-bond acceptors (Lipinski definition) is 2. The largest absolute Gasteiger partial charge is 0.396 e. The first kappa shape index (κ1) is 16.5. The molecule has 2 heteroatoms. The molecule has 0 bridgehead atoms. The Morgan fingerprint density at radius 1 is 1.29 bits per heavy atom. The predicted molar refractivity (Wildman–Crippen MR) is 89.5 cm³/mol. The van der Waals surface area contributed by atoms with Gasteiger partial charge < -0.3 is 10.4 Å². The number of aliphatic hydroxyl groups is 1. The average molecular weight is 289 g/mol. The monoisotopic (exact) mass is 289 g/mol. The first-order valence-corrected chi connectivity index (χ1v) is 8.52. The van der Waals surface area contributed by atoms with Crippen LogP contribution >= 0.6 is 0 Å². The lowest BCUT2D eigenvalue weighted by Crippen LogP contribution is -2.35. The highest BCUT2D eigenvalue weighted by atomic mass is 16.3. The average Bonchev–Trinajstić information content (AvgIpc) is 2.47. The maximum atomic E-state index is 9.20. The standard InChI is InChI=1S/C19H31NO/c1-4-7-15(11-13-21)14-20-18-10-12-19(2,3)17-9-6-5-8-16(17)18/h5-6,8-9,15,18,20-21H,4,7,10-14H2,1-3H3. The van der Waals surface area contributed by atoms with Gasteiger partial charge in [-0.25, -0.2) is 0 Å². The van der Waals surface area contributed by atoms with Crippen LogP contribution in [0, 0.1) is 5.92 Å². The Balaban J connectivity index is 2.04. The van der Waals surface area contributed by atoms with E-state index in [1.165, 1.54) is 36.8 Å². The van der Waals surface area contributed by atoms with E-state index in [4.69, 9.17) is 0 Å². The summed E-state index contributed by atoms with van der Waals surface area (Å²) < 4.78 is 0. The molecule has 2 nitrogen and oxygen atoms in total. The molecule has 0 aromatic heterocycles. The topological polar surface area (TPSA) is 32.3 Å². The lowest BCUT2D eigenvalue weighted by molar-refractivity contribution is 0.241. The normalized spacial score (nSPS) is 21.8. The number of hydrogen-bond donors (Lipinski definition) is 2. The molecule has 2 atom stereocenters. The molecule has 1 aromatic rings. The van der Waals surface area contributed by atoms with Crippen LogP contribution in [0.2, 0.25) is 0 Å². The minimum Gasteiger partial charge on any atom is -0.396 e. The molecule has 2 rings (SSSR count). The Bertz CT molecular complexity index is 435. The van der Waals surface area contributed by atoms with Gasteiger partial charge >= 0.3 is 0 Å². The number of benzene rings is 1. The molecule has 0 fully saturated rings. The summed E-state index contributed by atoms with van der Waals surface area (Å²) in [5.74, 6) is 0.599. The fourth-order valence-electron chi connectivity index (χ4n) is 3.67. The molecule has 2 unspecified atom stereocenters. The van der Waals surface area contributed by atoms with Crippen LogP contribution in [-0.2, 0) is 5.41 Å². The van der Waals surface area contributed by atoms with E-state index >= 15 is 0 Å². The van der Waals surface area contributed by atoms with E-state index in [-0.39, 0.29) is 0 Å². The van der Waals surface area contributed by atoms with Crippen molar-refractivity contribution in [2.24, 2.45) is 5.92 Å². The van der Waals surface area contributed by atoms with Gasteiger partial charge in [0, 0.05) is 12.6 Å². The zero-order chi connectivity index (χ0) is 15.3. The molecule has 0 saturated heterocycles. The van der Waals surface area contributed by atoms with Gasteiger partial charge in [-0.1, -0.05) is 51.5 Å². The van der Waals surface area contributed by atoms with Crippen molar-refractivity contribution in [1.29, 1.82) is 0 Å². The maximum Gasteiger partial charge on any atom is 0.0434 e. The Morgan fingerprint density at radius 3 is 2.76 bits per heavy atom. The van der Waals surface area contributed by atoms with Gasteiger partial charge in [0.05, 0.1) is 0 Å². The SMILES string of the molecule is CCCC(CCO)CNC1CCC(C)(C)c2ccccc21. The molecule has 0 spiro atoms. The van der Waals surface area contributed by atoms with E-state index in [1.54, 1.807) is 0 Å². The summed E-state index contributed by atoms with van der Waals surface area (Å²) in [7, 11) is 0. The second-order valence-corrected chi connectivity index (χ2v) is 7.14. The van der Waals surface area contributed by atoms with Gasteiger partial charge in [0.25, 0.3) is 0 Å². The van der Waals surface area contributed by atoms with Crippen molar-refractivity contribution in [2.45, 2.75) is 64.3 Å². The van der Waals surface area contributed by atoms with Crippen molar-refractivity contribution in [3.05, 3.63) is 35.4 Å². The minimum absolute atomic E-state index is 0.294. The summed E-state index contributed by atoms with van der Waals surface area (Å²) in [6, 6.07) is 9.38. The third kappa shape index (κ3) is 4.08. The molecule has 0 amide bonds. The number of rotatable bonds is 7. The third-order valence-electron chi connectivity index (χ3n) is 5.01. The Kier molecular flexibility index (Phi) is 5.83.